The summed E-state index contributed by atoms with van der Waals surface area (Å²) in [7, 11) is 0. The van der Waals surface area contributed by atoms with Crippen molar-refractivity contribution in [2.24, 2.45) is 0 Å². The molecule has 0 amide bonds. The van der Waals surface area contributed by atoms with Crippen LogP contribution in [-0.4, -0.2) is 0 Å². The van der Waals surface area contributed by atoms with Gasteiger partial charge in [-0.3, -0.25) is 0 Å². The highest BCUT2D eigenvalue weighted by Crippen LogP contribution is 2.11. The van der Waals surface area contributed by atoms with E-state index in [4.69, 9.17) is 11.6 Å². The number of pyridine rings is 1. The van der Waals surface area contributed by atoms with Crippen LogP contribution in [0.25, 0.3) is 12.3 Å². The fraction of sp³-hybridized carbons (Fsp3) is 0. The van der Waals surface area contributed by atoms with Gasteiger partial charge in [-0.05, 0) is 17.7 Å². The van der Waals surface area contributed by atoms with Crippen LogP contribution in [0.1, 0.15) is 5.56 Å². The molecule has 0 N–H and O–H groups in total. The Morgan fingerprint density at radius 3 is 2.53 bits per heavy atom. The summed E-state index contributed by atoms with van der Waals surface area (Å²) in [6, 6.07) is 13.7. The van der Waals surface area contributed by atoms with Gasteiger partial charge in [0, 0.05) is 23.2 Å². The highest BCUT2D eigenvalue weighted by molar-refractivity contribution is 6.30. The van der Waals surface area contributed by atoms with Crippen LogP contribution in [0.15, 0.2) is 54.9 Å². The molecule has 1 nitrogen and oxygen atoms in total. The first-order valence-electron chi connectivity index (χ1n) is 4.74. The first-order valence-corrected chi connectivity index (χ1v) is 5.12. The molecule has 1 heterocycles. The van der Waals surface area contributed by atoms with Gasteiger partial charge in [-0.1, -0.05) is 29.8 Å². The zero-order valence-corrected chi connectivity index (χ0v) is 8.93. The quantitative estimate of drug-likeness (QED) is 0.679. The van der Waals surface area contributed by atoms with Gasteiger partial charge in [0.1, 0.15) is 0 Å². The van der Waals surface area contributed by atoms with E-state index >= 15 is 0 Å². The Labute approximate surface area is 94.3 Å². The van der Waals surface area contributed by atoms with Crippen molar-refractivity contribution >= 4 is 23.9 Å². The van der Waals surface area contributed by atoms with Gasteiger partial charge < -0.3 is 0 Å². The molecule has 0 atom stereocenters. The van der Waals surface area contributed by atoms with Gasteiger partial charge in [-0.2, -0.15) is 4.57 Å². The normalized spacial score (nSPS) is 10.7. The molecule has 1 aromatic carbocycles. The van der Waals surface area contributed by atoms with Crippen LogP contribution in [0.3, 0.4) is 0 Å². The maximum absolute atomic E-state index is 5.89. The summed E-state index contributed by atoms with van der Waals surface area (Å²) in [5.41, 5.74) is 1.10. The minimum Gasteiger partial charge on any atom is -0.174 e. The monoisotopic (exact) mass is 216 g/mol. The van der Waals surface area contributed by atoms with Crippen molar-refractivity contribution in [3.05, 3.63) is 65.4 Å². The van der Waals surface area contributed by atoms with Gasteiger partial charge in [-0.15, -0.1) is 0 Å². The van der Waals surface area contributed by atoms with Crippen LogP contribution in [-0.2, 0) is 0 Å². The molecule has 0 bridgehead atoms. The molecule has 2 rings (SSSR count). The number of benzene rings is 1. The summed E-state index contributed by atoms with van der Waals surface area (Å²) in [4.78, 5) is 0. The van der Waals surface area contributed by atoms with Crippen molar-refractivity contribution in [3.63, 3.8) is 0 Å². The number of hydrogen-bond acceptors (Lipinski definition) is 0. The van der Waals surface area contributed by atoms with E-state index in [0.29, 0.717) is 0 Å². The summed E-state index contributed by atoms with van der Waals surface area (Å²) in [5, 5.41) is 0.759. The lowest BCUT2D eigenvalue weighted by Crippen LogP contribution is -2.23. The highest BCUT2D eigenvalue weighted by Gasteiger charge is 1.92. The van der Waals surface area contributed by atoms with Crippen molar-refractivity contribution in [2.45, 2.75) is 0 Å². The molecule has 0 unspecified atom stereocenters. The summed E-state index contributed by atoms with van der Waals surface area (Å²) in [5.74, 6) is 0. The van der Waals surface area contributed by atoms with Gasteiger partial charge in [0.2, 0.25) is 0 Å². The number of nitrogens with zero attached hydrogens (tertiary/aromatic N) is 1. The molecule has 2 aromatic rings. The minimum absolute atomic E-state index is 0.759. The largest absolute Gasteiger partial charge is 0.175 e. The minimum atomic E-state index is 0.759. The molecule has 0 aliphatic rings. The van der Waals surface area contributed by atoms with Crippen LogP contribution >= 0.6 is 11.6 Å². The average molecular weight is 217 g/mol. The van der Waals surface area contributed by atoms with Crippen LogP contribution in [0.4, 0.5) is 0 Å². The smallest absolute Gasteiger partial charge is 0.174 e. The second kappa shape index (κ2) is 4.76. The van der Waals surface area contributed by atoms with Gasteiger partial charge in [0.25, 0.3) is 0 Å². The molecule has 2 heteroatoms. The highest BCUT2D eigenvalue weighted by atomic mass is 35.5. The maximum atomic E-state index is 5.89. The van der Waals surface area contributed by atoms with E-state index in [9.17, 15) is 0 Å². The Kier molecular flexibility index (Phi) is 3.15. The van der Waals surface area contributed by atoms with Crippen molar-refractivity contribution in [1.82, 2.24) is 0 Å². The summed E-state index contributed by atoms with van der Waals surface area (Å²) in [6.07, 6.45) is 7.99. The number of rotatable bonds is 2. The molecule has 1 aromatic heterocycles. The third-order valence-corrected chi connectivity index (χ3v) is 2.26. The zero-order valence-electron chi connectivity index (χ0n) is 8.18. The predicted molar refractivity (Wildman–Crippen MR) is 63.3 cm³/mol. The first-order chi connectivity index (χ1) is 7.34. The molecule has 0 radical (unpaired) electrons. The topological polar surface area (TPSA) is 3.88 Å². The van der Waals surface area contributed by atoms with E-state index in [0.717, 1.165) is 10.6 Å². The van der Waals surface area contributed by atoms with Crippen LogP contribution < -0.4 is 4.57 Å². The molecular formula is C13H11ClN+. The van der Waals surface area contributed by atoms with E-state index in [-0.39, 0.29) is 0 Å². The Bertz CT molecular complexity index is 463. The predicted octanol–water partition coefficient (Wildman–Crippen LogP) is 3.26. The molecule has 0 fully saturated rings. The molecule has 0 aliphatic heterocycles. The van der Waals surface area contributed by atoms with E-state index in [1.807, 2.05) is 71.7 Å². The molecular weight excluding hydrogens is 206 g/mol. The third kappa shape index (κ3) is 2.93. The SMILES string of the molecule is Clc1cccc(/C=C/[n+]2ccccc2)c1. The third-order valence-electron chi connectivity index (χ3n) is 2.03. The second-order valence-corrected chi connectivity index (χ2v) is 3.63. The van der Waals surface area contributed by atoms with Crippen molar-refractivity contribution in [3.8, 4) is 0 Å². The summed E-state index contributed by atoms with van der Waals surface area (Å²) in [6.45, 7) is 0. The Hall–Kier alpha value is -1.60. The lowest BCUT2D eigenvalue weighted by Gasteiger charge is -1.92. The lowest BCUT2D eigenvalue weighted by atomic mass is 10.2. The molecule has 74 valence electrons. The maximum Gasteiger partial charge on any atom is 0.175 e. The van der Waals surface area contributed by atoms with Crippen molar-refractivity contribution in [1.29, 1.82) is 0 Å². The summed E-state index contributed by atoms with van der Waals surface area (Å²) < 4.78 is 1.99. The van der Waals surface area contributed by atoms with Gasteiger partial charge in [0.05, 0.1) is 0 Å². The Morgan fingerprint density at radius 1 is 1.00 bits per heavy atom. The lowest BCUT2D eigenvalue weighted by molar-refractivity contribution is -0.567. The van der Waals surface area contributed by atoms with E-state index in [2.05, 4.69) is 0 Å². The van der Waals surface area contributed by atoms with Crippen LogP contribution in [0.5, 0.6) is 0 Å². The fourth-order valence-electron chi connectivity index (χ4n) is 1.29. The van der Waals surface area contributed by atoms with Crippen molar-refractivity contribution < 1.29 is 4.57 Å². The zero-order chi connectivity index (χ0) is 10.5. The van der Waals surface area contributed by atoms with Crippen molar-refractivity contribution in [2.75, 3.05) is 0 Å². The molecule has 15 heavy (non-hydrogen) atoms. The number of aromatic nitrogens is 1. The van der Waals surface area contributed by atoms with Crippen LogP contribution in [0, 0.1) is 0 Å². The standard InChI is InChI=1S/C13H11ClN/c14-13-6-4-5-12(11-13)7-10-15-8-2-1-3-9-15/h1-11H/q+1/b10-7+. The molecule has 0 spiro atoms. The van der Waals surface area contributed by atoms with Gasteiger partial charge >= 0.3 is 0 Å². The van der Waals surface area contributed by atoms with E-state index < -0.39 is 0 Å². The Morgan fingerprint density at radius 2 is 1.80 bits per heavy atom. The molecule has 0 saturated carbocycles. The fourth-order valence-corrected chi connectivity index (χ4v) is 1.49. The second-order valence-electron chi connectivity index (χ2n) is 3.19. The van der Waals surface area contributed by atoms with E-state index in [1.165, 1.54) is 0 Å². The average Bonchev–Trinajstić information content (AvgIpc) is 2.28. The van der Waals surface area contributed by atoms with Gasteiger partial charge in [-0.25, -0.2) is 0 Å². The first kappa shape index (κ1) is 9.94. The molecule has 0 saturated heterocycles. The molecule has 0 aliphatic carbocycles. The van der Waals surface area contributed by atoms with E-state index in [1.54, 1.807) is 0 Å². The Balaban J connectivity index is 2.19. The summed E-state index contributed by atoms with van der Waals surface area (Å²) >= 11 is 5.89. The number of hydrogen-bond donors (Lipinski definition) is 0. The number of halogens is 1. The van der Waals surface area contributed by atoms with Crippen LogP contribution in [0.2, 0.25) is 5.02 Å². The van der Waals surface area contributed by atoms with Gasteiger partial charge in [0.15, 0.2) is 18.6 Å².